The lowest BCUT2D eigenvalue weighted by molar-refractivity contribution is 0.412. The van der Waals surface area contributed by atoms with Gasteiger partial charge in [0.25, 0.3) is 0 Å². The fraction of sp³-hybridized carbons (Fsp3) is 0.231. The molecule has 5 heteroatoms. The van der Waals surface area contributed by atoms with Crippen LogP contribution in [0.3, 0.4) is 0 Å². The standard InChI is InChI=1S/C13H13BrN2OS/c1-9-5-6-15-13(16-9)18-8-10-3-4-12(17-2)11(14)7-10/h3-7H,8H2,1-2H3. The molecule has 0 amide bonds. The second-order valence-corrected chi connectivity index (χ2v) is 5.54. The summed E-state index contributed by atoms with van der Waals surface area (Å²) in [5, 5.41) is 0.807. The van der Waals surface area contributed by atoms with Crippen LogP contribution in [0.5, 0.6) is 5.75 Å². The summed E-state index contributed by atoms with van der Waals surface area (Å²) < 4.78 is 6.17. The molecule has 3 nitrogen and oxygen atoms in total. The third-order valence-corrected chi connectivity index (χ3v) is 3.91. The van der Waals surface area contributed by atoms with Gasteiger partial charge >= 0.3 is 0 Å². The van der Waals surface area contributed by atoms with E-state index in [0.29, 0.717) is 0 Å². The number of benzene rings is 1. The molecule has 1 heterocycles. The number of rotatable bonds is 4. The van der Waals surface area contributed by atoms with Crippen LogP contribution in [-0.2, 0) is 5.75 Å². The molecule has 94 valence electrons. The Bertz CT molecular complexity index is 548. The maximum atomic E-state index is 5.20. The topological polar surface area (TPSA) is 35.0 Å². The maximum absolute atomic E-state index is 5.20. The number of thioether (sulfide) groups is 1. The molecule has 18 heavy (non-hydrogen) atoms. The van der Waals surface area contributed by atoms with Crippen LogP contribution in [0.1, 0.15) is 11.3 Å². The Hall–Kier alpha value is -1.07. The predicted octanol–water partition coefficient (Wildman–Crippen LogP) is 3.85. The van der Waals surface area contributed by atoms with Gasteiger partial charge < -0.3 is 4.74 Å². The molecule has 0 aliphatic carbocycles. The van der Waals surface area contributed by atoms with E-state index in [0.717, 1.165) is 26.8 Å². The minimum atomic E-state index is 0.807. The molecule has 2 aromatic rings. The van der Waals surface area contributed by atoms with Crippen molar-refractivity contribution in [3.8, 4) is 5.75 Å². The van der Waals surface area contributed by atoms with Crippen molar-refractivity contribution in [1.29, 1.82) is 0 Å². The van der Waals surface area contributed by atoms with Gasteiger partial charge in [-0.05, 0) is 46.6 Å². The Balaban J connectivity index is 2.04. The van der Waals surface area contributed by atoms with Crippen LogP contribution in [0.2, 0.25) is 0 Å². The second kappa shape index (κ2) is 6.20. The van der Waals surface area contributed by atoms with Crippen LogP contribution in [0.15, 0.2) is 40.1 Å². The number of aromatic nitrogens is 2. The van der Waals surface area contributed by atoms with Crippen molar-refractivity contribution >= 4 is 27.7 Å². The van der Waals surface area contributed by atoms with Crippen LogP contribution >= 0.6 is 27.7 Å². The molecule has 0 spiro atoms. The molecule has 0 N–H and O–H groups in total. The predicted molar refractivity (Wildman–Crippen MR) is 77.0 cm³/mol. The van der Waals surface area contributed by atoms with Gasteiger partial charge in [0.1, 0.15) is 5.75 Å². The summed E-state index contributed by atoms with van der Waals surface area (Å²) in [7, 11) is 1.66. The van der Waals surface area contributed by atoms with E-state index in [9.17, 15) is 0 Å². The Morgan fingerprint density at radius 2 is 2.17 bits per heavy atom. The van der Waals surface area contributed by atoms with Gasteiger partial charge in [0.2, 0.25) is 0 Å². The van der Waals surface area contributed by atoms with Crippen molar-refractivity contribution in [3.63, 3.8) is 0 Å². The lowest BCUT2D eigenvalue weighted by Crippen LogP contribution is -1.90. The molecule has 0 radical (unpaired) electrons. The first-order valence-electron chi connectivity index (χ1n) is 5.44. The van der Waals surface area contributed by atoms with Crippen LogP contribution in [0, 0.1) is 6.92 Å². The highest BCUT2D eigenvalue weighted by Crippen LogP contribution is 2.28. The molecule has 0 bridgehead atoms. The van der Waals surface area contributed by atoms with Crippen molar-refractivity contribution in [2.24, 2.45) is 0 Å². The monoisotopic (exact) mass is 324 g/mol. The third kappa shape index (κ3) is 3.46. The van der Waals surface area contributed by atoms with E-state index in [-0.39, 0.29) is 0 Å². The van der Waals surface area contributed by atoms with E-state index < -0.39 is 0 Å². The molecule has 1 aromatic heterocycles. The van der Waals surface area contributed by atoms with E-state index in [1.165, 1.54) is 5.56 Å². The Labute approximate surface area is 119 Å². The highest BCUT2D eigenvalue weighted by Gasteiger charge is 2.03. The highest BCUT2D eigenvalue weighted by atomic mass is 79.9. The van der Waals surface area contributed by atoms with Gasteiger partial charge in [0.15, 0.2) is 5.16 Å². The summed E-state index contributed by atoms with van der Waals surface area (Å²) in [5.74, 6) is 1.68. The molecule has 1 aromatic carbocycles. The summed E-state index contributed by atoms with van der Waals surface area (Å²) in [6.45, 7) is 1.97. The second-order valence-electron chi connectivity index (χ2n) is 3.74. The smallest absolute Gasteiger partial charge is 0.188 e. The molecule has 0 saturated carbocycles. The SMILES string of the molecule is COc1ccc(CSc2nccc(C)n2)cc1Br. The minimum Gasteiger partial charge on any atom is -0.496 e. The third-order valence-electron chi connectivity index (χ3n) is 2.36. The molecule has 0 saturated heterocycles. The lowest BCUT2D eigenvalue weighted by Gasteiger charge is -2.06. The number of hydrogen-bond acceptors (Lipinski definition) is 4. The summed E-state index contributed by atoms with van der Waals surface area (Å²) in [5.41, 5.74) is 2.20. The quantitative estimate of drug-likeness (QED) is 0.632. The minimum absolute atomic E-state index is 0.807. The zero-order chi connectivity index (χ0) is 13.0. The number of aryl methyl sites for hydroxylation is 1. The molecule has 0 aliphatic heterocycles. The van der Waals surface area contributed by atoms with Gasteiger partial charge in [-0.25, -0.2) is 9.97 Å². The first-order chi connectivity index (χ1) is 8.69. The maximum Gasteiger partial charge on any atom is 0.188 e. The average Bonchev–Trinajstić information content (AvgIpc) is 2.37. The molecule has 0 fully saturated rings. The van der Waals surface area contributed by atoms with Crippen molar-refractivity contribution in [2.45, 2.75) is 17.8 Å². The van der Waals surface area contributed by atoms with Gasteiger partial charge in [-0.3, -0.25) is 0 Å². The van der Waals surface area contributed by atoms with Crippen LogP contribution < -0.4 is 4.74 Å². The number of methoxy groups -OCH3 is 1. The molecule has 0 atom stereocenters. The Morgan fingerprint density at radius 1 is 1.33 bits per heavy atom. The summed E-state index contributed by atoms with van der Waals surface area (Å²) in [6.07, 6.45) is 1.79. The number of hydrogen-bond donors (Lipinski definition) is 0. The van der Waals surface area contributed by atoms with Crippen LogP contribution in [-0.4, -0.2) is 17.1 Å². The van der Waals surface area contributed by atoms with Crippen LogP contribution in [0.25, 0.3) is 0 Å². The largest absolute Gasteiger partial charge is 0.496 e. The van der Waals surface area contributed by atoms with Gasteiger partial charge in [0.05, 0.1) is 11.6 Å². The Kier molecular flexibility index (Phi) is 4.60. The van der Waals surface area contributed by atoms with Gasteiger partial charge in [-0.15, -0.1) is 0 Å². The number of halogens is 1. The number of nitrogens with zero attached hydrogens (tertiary/aromatic N) is 2. The van der Waals surface area contributed by atoms with E-state index in [1.807, 2.05) is 25.1 Å². The molecule has 0 aliphatic rings. The van der Waals surface area contributed by atoms with E-state index in [1.54, 1.807) is 25.1 Å². The summed E-state index contributed by atoms with van der Waals surface area (Å²) in [4.78, 5) is 8.59. The zero-order valence-electron chi connectivity index (χ0n) is 10.2. The molecular formula is C13H13BrN2OS. The molecule has 2 rings (SSSR count). The van der Waals surface area contributed by atoms with Crippen LogP contribution in [0.4, 0.5) is 0 Å². The van der Waals surface area contributed by atoms with E-state index in [4.69, 9.17) is 4.74 Å². The van der Waals surface area contributed by atoms with E-state index >= 15 is 0 Å². The van der Waals surface area contributed by atoms with Crippen molar-refractivity contribution in [1.82, 2.24) is 9.97 Å². The van der Waals surface area contributed by atoms with Crippen molar-refractivity contribution in [2.75, 3.05) is 7.11 Å². The highest BCUT2D eigenvalue weighted by molar-refractivity contribution is 9.10. The number of ether oxygens (including phenoxy) is 1. The fourth-order valence-electron chi connectivity index (χ4n) is 1.44. The zero-order valence-corrected chi connectivity index (χ0v) is 12.6. The Morgan fingerprint density at radius 3 is 2.83 bits per heavy atom. The normalized spacial score (nSPS) is 10.4. The molecular weight excluding hydrogens is 312 g/mol. The first kappa shape index (κ1) is 13.4. The van der Waals surface area contributed by atoms with Gasteiger partial charge in [-0.1, -0.05) is 17.8 Å². The van der Waals surface area contributed by atoms with Gasteiger partial charge in [0, 0.05) is 17.6 Å². The molecule has 0 unspecified atom stereocenters. The van der Waals surface area contributed by atoms with E-state index in [2.05, 4.69) is 32.0 Å². The summed E-state index contributed by atoms with van der Waals surface area (Å²) in [6, 6.07) is 7.96. The lowest BCUT2D eigenvalue weighted by atomic mass is 10.2. The van der Waals surface area contributed by atoms with Gasteiger partial charge in [-0.2, -0.15) is 0 Å². The summed E-state index contributed by atoms with van der Waals surface area (Å²) >= 11 is 5.11. The van der Waals surface area contributed by atoms with Crippen molar-refractivity contribution in [3.05, 3.63) is 46.2 Å². The average molecular weight is 325 g/mol. The van der Waals surface area contributed by atoms with Crippen molar-refractivity contribution < 1.29 is 4.74 Å². The fourth-order valence-corrected chi connectivity index (χ4v) is 2.85. The first-order valence-corrected chi connectivity index (χ1v) is 7.22.